The largest absolute Gasteiger partial charge is 0.390 e. The molecule has 0 saturated heterocycles. The molecule has 0 rings (SSSR count). The molecular weight excluding hydrogens is 376 g/mol. The zero-order valence-electron chi connectivity index (χ0n) is 22.0. The third-order valence-electron chi connectivity index (χ3n) is 7.07. The van der Waals surface area contributed by atoms with Crippen LogP contribution in [0.4, 0.5) is 0 Å². The molecule has 0 bridgehead atoms. The second kappa shape index (κ2) is 28.0. The summed E-state index contributed by atoms with van der Waals surface area (Å²) in [6.45, 7) is 6.08. The lowest BCUT2D eigenvalue weighted by atomic mass is 9.94. The first-order valence-electron chi connectivity index (χ1n) is 14.8. The highest BCUT2D eigenvalue weighted by atomic mass is 16.3. The standard InChI is InChI=1S/C30H61O/c1-3-5-7-9-11-13-15-17-19-21-23-25-27-30(29-31)28-26-24-22-20-18-16-14-12-10-8-6-4-2/h29-31H,3-28H2,1-2H3. The molecular formula is C30H61O. The van der Waals surface area contributed by atoms with Crippen molar-refractivity contribution < 1.29 is 5.11 Å². The molecule has 0 aliphatic heterocycles. The summed E-state index contributed by atoms with van der Waals surface area (Å²) in [6.07, 6.45) is 36.2. The van der Waals surface area contributed by atoms with E-state index in [1.807, 2.05) is 0 Å². The molecule has 0 aromatic heterocycles. The van der Waals surface area contributed by atoms with Gasteiger partial charge in [0, 0.05) is 0 Å². The van der Waals surface area contributed by atoms with Crippen LogP contribution in [0.5, 0.6) is 0 Å². The summed E-state index contributed by atoms with van der Waals surface area (Å²) >= 11 is 0. The molecule has 187 valence electrons. The Kier molecular flexibility index (Phi) is 28.0. The highest BCUT2D eigenvalue weighted by Gasteiger charge is 2.07. The zero-order valence-corrected chi connectivity index (χ0v) is 22.0. The summed E-state index contributed by atoms with van der Waals surface area (Å²) in [6, 6.07) is 0. The fraction of sp³-hybridized carbons (Fsp3) is 0.967. The quantitative estimate of drug-likeness (QED) is 0.127. The van der Waals surface area contributed by atoms with Gasteiger partial charge in [-0.15, -0.1) is 0 Å². The van der Waals surface area contributed by atoms with Gasteiger partial charge in [-0.3, -0.25) is 0 Å². The molecule has 0 saturated carbocycles. The van der Waals surface area contributed by atoms with Crippen LogP contribution in [-0.2, 0) is 0 Å². The van der Waals surface area contributed by atoms with Crippen LogP contribution < -0.4 is 0 Å². The summed E-state index contributed by atoms with van der Waals surface area (Å²) in [5, 5.41) is 9.56. The van der Waals surface area contributed by atoms with E-state index in [2.05, 4.69) is 13.8 Å². The molecule has 0 fully saturated rings. The molecule has 1 heteroatoms. The highest BCUT2D eigenvalue weighted by molar-refractivity contribution is 4.67. The van der Waals surface area contributed by atoms with E-state index in [-0.39, 0.29) is 0 Å². The van der Waals surface area contributed by atoms with Crippen LogP contribution in [0.15, 0.2) is 0 Å². The minimum Gasteiger partial charge on any atom is -0.390 e. The van der Waals surface area contributed by atoms with Crippen LogP contribution >= 0.6 is 0 Å². The Morgan fingerprint density at radius 2 is 0.613 bits per heavy atom. The number of rotatable bonds is 27. The Hall–Kier alpha value is -0.0400. The van der Waals surface area contributed by atoms with E-state index in [1.54, 1.807) is 0 Å². The van der Waals surface area contributed by atoms with Gasteiger partial charge in [0.05, 0.1) is 6.61 Å². The first kappa shape index (κ1) is 31.0. The van der Waals surface area contributed by atoms with Gasteiger partial charge in [0.1, 0.15) is 0 Å². The molecule has 0 spiro atoms. The lowest BCUT2D eigenvalue weighted by molar-refractivity contribution is 0.283. The van der Waals surface area contributed by atoms with Crippen LogP contribution in [0, 0.1) is 12.5 Å². The van der Waals surface area contributed by atoms with Gasteiger partial charge in [0.15, 0.2) is 0 Å². The van der Waals surface area contributed by atoms with Crippen molar-refractivity contribution in [2.24, 2.45) is 5.92 Å². The number of aliphatic hydroxyl groups excluding tert-OH is 1. The van der Waals surface area contributed by atoms with Crippen LogP contribution in [0.2, 0.25) is 0 Å². The molecule has 1 radical (unpaired) electrons. The maximum absolute atomic E-state index is 9.56. The van der Waals surface area contributed by atoms with E-state index in [4.69, 9.17) is 0 Å². The van der Waals surface area contributed by atoms with E-state index in [9.17, 15) is 5.11 Å². The second-order valence-corrected chi connectivity index (χ2v) is 10.3. The SMILES string of the molecule is CCCCCCCCCCCCCCC([CH]O)CCCCCCCCCCCCCC. The Labute approximate surface area is 198 Å². The number of hydrogen-bond acceptors (Lipinski definition) is 1. The van der Waals surface area contributed by atoms with Crippen molar-refractivity contribution in [3.63, 3.8) is 0 Å². The fourth-order valence-corrected chi connectivity index (χ4v) is 4.79. The molecule has 0 aliphatic rings. The predicted octanol–water partition coefficient (Wildman–Crippen LogP) is 11.3. The average Bonchev–Trinajstić information content (AvgIpc) is 2.79. The molecule has 0 heterocycles. The Morgan fingerprint density at radius 1 is 0.387 bits per heavy atom. The number of aliphatic hydroxyl groups is 1. The molecule has 1 N–H and O–H groups in total. The molecule has 31 heavy (non-hydrogen) atoms. The first-order chi connectivity index (χ1) is 15.3. The number of hydrogen-bond donors (Lipinski definition) is 1. The molecule has 0 amide bonds. The predicted molar refractivity (Wildman–Crippen MR) is 141 cm³/mol. The Balaban J connectivity index is 3.26. The van der Waals surface area contributed by atoms with Gasteiger partial charge in [0.25, 0.3) is 0 Å². The van der Waals surface area contributed by atoms with Crippen LogP contribution in [0.25, 0.3) is 0 Å². The first-order valence-corrected chi connectivity index (χ1v) is 14.8. The van der Waals surface area contributed by atoms with Crippen molar-refractivity contribution in [2.45, 2.75) is 181 Å². The van der Waals surface area contributed by atoms with E-state index < -0.39 is 0 Å². The third kappa shape index (κ3) is 26.1. The van der Waals surface area contributed by atoms with Gasteiger partial charge in [-0.2, -0.15) is 0 Å². The maximum atomic E-state index is 9.56. The third-order valence-corrected chi connectivity index (χ3v) is 7.07. The molecule has 0 aliphatic carbocycles. The van der Waals surface area contributed by atoms with E-state index >= 15 is 0 Å². The lowest BCUT2D eigenvalue weighted by Gasteiger charge is -2.13. The van der Waals surface area contributed by atoms with Crippen molar-refractivity contribution in [3.05, 3.63) is 6.61 Å². The summed E-state index contributed by atoms with van der Waals surface area (Å²) < 4.78 is 0. The summed E-state index contributed by atoms with van der Waals surface area (Å²) in [5.41, 5.74) is 0. The van der Waals surface area contributed by atoms with Crippen molar-refractivity contribution in [2.75, 3.05) is 0 Å². The zero-order chi connectivity index (χ0) is 22.7. The Morgan fingerprint density at radius 3 is 0.839 bits per heavy atom. The summed E-state index contributed by atoms with van der Waals surface area (Å²) in [5.74, 6) is 0.450. The van der Waals surface area contributed by atoms with Crippen molar-refractivity contribution >= 4 is 0 Å². The normalized spacial score (nSPS) is 11.6. The minimum atomic E-state index is 0.450. The van der Waals surface area contributed by atoms with Crippen molar-refractivity contribution in [1.29, 1.82) is 0 Å². The van der Waals surface area contributed by atoms with Gasteiger partial charge in [-0.25, -0.2) is 0 Å². The molecule has 0 atom stereocenters. The monoisotopic (exact) mass is 437 g/mol. The van der Waals surface area contributed by atoms with E-state index in [0.29, 0.717) is 5.92 Å². The molecule has 1 nitrogen and oxygen atoms in total. The number of unbranched alkanes of at least 4 members (excludes halogenated alkanes) is 22. The van der Waals surface area contributed by atoms with E-state index in [1.165, 1.54) is 174 Å². The minimum absolute atomic E-state index is 0.450. The topological polar surface area (TPSA) is 20.2 Å². The molecule has 0 unspecified atom stereocenters. The smallest absolute Gasteiger partial charge is 0.0829 e. The van der Waals surface area contributed by atoms with Crippen molar-refractivity contribution in [1.82, 2.24) is 0 Å². The fourth-order valence-electron chi connectivity index (χ4n) is 4.79. The Bertz CT molecular complexity index is 273. The van der Waals surface area contributed by atoms with Crippen LogP contribution in [-0.4, -0.2) is 5.11 Å². The summed E-state index contributed by atoms with van der Waals surface area (Å²) in [4.78, 5) is 0. The summed E-state index contributed by atoms with van der Waals surface area (Å²) in [7, 11) is 0. The maximum Gasteiger partial charge on any atom is 0.0829 e. The average molecular weight is 438 g/mol. The van der Waals surface area contributed by atoms with Gasteiger partial charge >= 0.3 is 0 Å². The lowest BCUT2D eigenvalue weighted by Crippen LogP contribution is -2.01. The van der Waals surface area contributed by atoms with Gasteiger partial charge in [0.2, 0.25) is 0 Å². The van der Waals surface area contributed by atoms with Gasteiger partial charge in [-0.1, -0.05) is 168 Å². The van der Waals surface area contributed by atoms with Gasteiger partial charge < -0.3 is 5.11 Å². The molecule has 0 aromatic rings. The molecule has 0 aromatic carbocycles. The highest BCUT2D eigenvalue weighted by Crippen LogP contribution is 2.21. The van der Waals surface area contributed by atoms with E-state index in [0.717, 1.165) is 0 Å². The van der Waals surface area contributed by atoms with Gasteiger partial charge in [-0.05, 0) is 18.8 Å². The van der Waals surface area contributed by atoms with Crippen LogP contribution in [0.3, 0.4) is 0 Å². The van der Waals surface area contributed by atoms with Crippen LogP contribution in [0.1, 0.15) is 181 Å². The van der Waals surface area contributed by atoms with Crippen molar-refractivity contribution in [3.8, 4) is 0 Å². The second-order valence-electron chi connectivity index (χ2n) is 10.3.